The lowest BCUT2D eigenvalue weighted by Crippen LogP contribution is -2.50. The summed E-state index contributed by atoms with van der Waals surface area (Å²) >= 11 is 0. The molecule has 1 amide bonds. The molecule has 0 spiro atoms. The first kappa shape index (κ1) is 22.3. The van der Waals surface area contributed by atoms with Crippen molar-refractivity contribution >= 4 is 27.6 Å². The van der Waals surface area contributed by atoms with E-state index in [1.807, 2.05) is 30.3 Å². The lowest BCUT2D eigenvalue weighted by atomic mass is 10.2. The van der Waals surface area contributed by atoms with Gasteiger partial charge < -0.3 is 10.5 Å². The molecular formula is C22H27N5O4S. The number of nitrogens with two attached hydrogens (primary N) is 1. The van der Waals surface area contributed by atoms with Crippen LogP contribution in [0.25, 0.3) is 0 Å². The van der Waals surface area contributed by atoms with Crippen molar-refractivity contribution in [2.24, 2.45) is 5.73 Å². The molecule has 2 aliphatic rings. The summed E-state index contributed by atoms with van der Waals surface area (Å²) in [7, 11) is -3.36. The third-order valence-corrected chi connectivity index (χ3v) is 7.59. The number of cyclic esters (lactones) is 1. The number of nitrogens with one attached hydrogen (secondary N) is 1. The van der Waals surface area contributed by atoms with Crippen molar-refractivity contribution in [3.8, 4) is 0 Å². The molecule has 9 nitrogen and oxygen atoms in total. The van der Waals surface area contributed by atoms with Crippen LogP contribution in [0.4, 0.5) is 10.5 Å². The lowest BCUT2D eigenvalue weighted by Gasteiger charge is -2.34. The maximum absolute atomic E-state index is 12.7. The highest BCUT2D eigenvalue weighted by atomic mass is 32.2. The fourth-order valence-electron chi connectivity index (χ4n) is 4.00. The smallest absolute Gasteiger partial charge is 0.414 e. The number of amides is 1. The molecule has 2 aliphatic heterocycles. The number of nitrogens with zero attached hydrogens (tertiary/aromatic N) is 3. The maximum Gasteiger partial charge on any atom is 0.414 e. The van der Waals surface area contributed by atoms with Crippen molar-refractivity contribution in [2.75, 3.05) is 44.2 Å². The third-order valence-electron chi connectivity index (χ3n) is 5.74. The molecule has 2 saturated heterocycles. The van der Waals surface area contributed by atoms with Crippen LogP contribution >= 0.6 is 0 Å². The number of nitrogen functional groups attached to an aromatic ring is 1. The average Bonchev–Trinajstić information content (AvgIpc) is 3.14. The minimum absolute atomic E-state index is 0.00541. The maximum atomic E-state index is 12.7. The predicted octanol–water partition coefficient (Wildman–Crippen LogP) is 1.44. The summed E-state index contributed by atoms with van der Waals surface area (Å²) < 4.78 is 32.5. The number of ether oxygens (including phenoxy) is 1. The summed E-state index contributed by atoms with van der Waals surface area (Å²) in [5, 5.41) is 7.46. The largest absolute Gasteiger partial charge is 0.443 e. The molecule has 0 bridgehead atoms. The van der Waals surface area contributed by atoms with Crippen molar-refractivity contribution in [3.63, 3.8) is 0 Å². The normalized spacial score (nSPS) is 20.3. The van der Waals surface area contributed by atoms with Crippen molar-refractivity contribution < 1.29 is 17.9 Å². The van der Waals surface area contributed by atoms with Gasteiger partial charge in [0.2, 0.25) is 10.0 Å². The Kier molecular flexibility index (Phi) is 6.45. The second-order valence-corrected chi connectivity index (χ2v) is 9.99. The molecule has 32 heavy (non-hydrogen) atoms. The molecule has 1 atom stereocenters. The van der Waals surface area contributed by atoms with Gasteiger partial charge in [-0.1, -0.05) is 30.3 Å². The molecule has 2 heterocycles. The van der Waals surface area contributed by atoms with Crippen molar-refractivity contribution in [2.45, 2.75) is 11.9 Å². The van der Waals surface area contributed by atoms with E-state index in [4.69, 9.17) is 15.9 Å². The summed E-state index contributed by atoms with van der Waals surface area (Å²) in [6.45, 7) is 3.01. The van der Waals surface area contributed by atoms with Gasteiger partial charge in [0.1, 0.15) is 11.9 Å². The highest BCUT2D eigenvalue weighted by Crippen LogP contribution is 2.23. The Labute approximate surface area is 187 Å². The van der Waals surface area contributed by atoms with Crippen molar-refractivity contribution in [1.29, 1.82) is 5.41 Å². The Bertz CT molecular complexity index is 1070. The minimum atomic E-state index is -3.36. The van der Waals surface area contributed by atoms with Gasteiger partial charge in [0.25, 0.3) is 0 Å². The molecule has 3 N–H and O–H groups in total. The standard InChI is InChI=1S/C22H27N5O4S/c23-21(24)18-6-8-19(9-7-18)27-15-20(31-22(27)28)14-25-10-12-26(13-11-25)32(29,30)16-17-4-2-1-3-5-17/h1-9,20H,10-16H2,(H3,23,24). The van der Waals surface area contributed by atoms with Gasteiger partial charge in [-0.3, -0.25) is 15.2 Å². The number of piperazine rings is 1. The van der Waals surface area contributed by atoms with E-state index in [-0.39, 0.29) is 17.7 Å². The monoisotopic (exact) mass is 457 g/mol. The molecule has 0 saturated carbocycles. The number of hydrogen-bond donors (Lipinski definition) is 2. The number of sulfonamides is 1. The molecule has 0 radical (unpaired) electrons. The van der Waals surface area contributed by atoms with Gasteiger partial charge in [0.15, 0.2) is 0 Å². The number of carbonyl (C=O) groups is 1. The quantitative estimate of drug-likeness (QED) is 0.480. The number of carbonyl (C=O) groups excluding carboxylic acids is 1. The number of amidine groups is 1. The van der Waals surface area contributed by atoms with E-state index in [9.17, 15) is 13.2 Å². The van der Waals surface area contributed by atoms with Crippen LogP contribution in [0.5, 0.6) is 0 Å². The molecule has 2 aromatic rings. The van der Waals surface area contributed by atoms with Crippen LogP contribution in [0.3, 0.4) is 0 Å². The first-order valence-electron chi connectivity index (χ1n) is 10.5. The van der Waals surface area contributed by atoms with Crippen LogP contribution in [0.1, 0.15) is 11.1 Å². The fraction of sp³-hybridized carbons (Fsp3) is 0.364. The Morgan fingerprint density at radius 1 is 1.03 bits per heavy atom. The topological polar surface area (TPSA) is 120 Å². The third kappa shape index (κ3) is 5.09. The molecular weight excluding hydrogens is 430 g/mol. The van der Waals surface area contributed by atoms with E-state index in [2.05, 4.69) is 4.90 Å². The Morgan fingerprint density at radius 3 is 2.31 bits per heavy atom. The highest BCUT2D eigenvalue weighted by Gasteiger charge is 2.35. The summed E-state index contributed by atoms with van der Waals surface area (Å²) in [4.78, 5) is 16.0. The van der Waals surface area contributed by atoms with Crippen molar-refractivity contribution in [3.05, 3.63) is 65.7 Å². The van der Waals surface area contributed by atoms with Gasteiger partial charge in [0.05, 0.1) is 12.3 Å². The van der Waals surface area contributed by atoms with Gasteiger partial charge in [-0.2, -0.15) is 4.31 Å². The number of anilines is 1. The lowest BCUT2D eigenvalue weighted by molar-refractivity contribution is 0.0937. The van der Waals surface area contributed by atoms with Crippen LogP contribution in [0.15, 0.2) is 54.6 Å². The van der Waals surface area contributed by atoms with E-state index in [1.54, 1.807) is 33.5 Å². The Balaban J connectivity index is 1.29. The molecule has 10 heteroatoms. The number of rotatable bonds is 7. The van der Waals surface area contributed by atoms with Gasteiger partial charge in [-0.15, -0.1) is 0 Å². The molecule has 1 unspecified atom stereocenters. The van der Waals surface area contributed by atoms with Gasteiger partial charge >= 0.3 is 6.09 Å². The molecule has 170 valence electrons. The van der Waals surface area contributed by atoms with E-state index < -0.39 is 16.1 Å². The number of hydrogen-bond acceptors (Lipinski definition) is 6. The molecule has 0 aromatic heterocycles. The van der Waals surface area contributed by atoms with Crippen LogP contribution < -0.4 is 10.6 Å². The van der Waals surface area contributed by atoms with Crippen LogP contribution in [-0.2, 0) is 20.5 Å². The van der Waals surface area contributed by atoms with Gasteiger partial charge in [-0.05, 0) is 29.8 Å². The predicted molar refractivity (Wildman–Crippen MR) is 122 cm³/mol. The molecule has 2 aromatic carbocycles. The average molecular weight is 458 g/mol. The molecule has 0 aliphatic carbocycles. The van der Waals surface area contributed by atoms with E-state index in [1.165, 1.54) is 0 Å². The zero-order valence-electron chi connectivity index (χ0n) is 17.7. The summed E-state index contributed by atoms with van der Waals surface area (Å²) in [5.74, 6) is -0.0193. The summed E-state index contributed by atoms with van der Waals surface area (Å²) in [6.07, 6.45) is -0.697. The summed E-state index contributed by atoms with van der Waals surface area (Å²) in [6, 6.07) is 16.1. The van der Waals surface area contributed by atoms with Gasteiger partial charge in [0, 0.05) is 44.0 Å². The van der Waals surface area contributed by atoms with Gasteiger partial charge in [-0.25, -0.2) is 13.2 Å². The second kappa shape index (κ2) is 9.27. The summed E-state index contributed by atoms with van der Waals surface area (Å²) in [5.41, 5.74) is 7.55. The van der Waals surface area contributed by atoms with Crippen molar-refractivity contribution in [1.82, 2.24) is 9.21 Å². The van der Waals surface area contributed by atoms with Crippen LogP contribution in [0.2, 0.25) is 0 Å². The Morgan fingerprint density at radius 2 is 1.69 bits per heavy atom. The first-order valence-corrected chi connectivity index (χ1v) is 12.1. The fourth-order valence-corrected chi connectivity index (χ4v) is 5.52. The second-order valence-electron chi connectivity index (χ2n) is 8.02. The van der Waals surface area contributed by atoms with E-state index in [0.717, 1.165) is 5.56 Å². The SMILES string of the molecule is N=C(N)c1ccc(N2CC(CN3CCN(S(=O)(=O)Cc4ccccc4)CC3)OC2=O)cc1. The van der Waals surface area contributed by atoms with E-state index >= 15 is 0 Å². The Hall–Kier alpha value is -2.95. The van der Waals surface area contributed by atoms with Crippen LogP contribution in [-0.4, -0.2) is 74.9 Å². The number of benzene rings is 2. The first-order chi connectivity index (χ1) is 15.3. The zero-order chi connectivity index (χ0) is 22.7. The molecule has 2 fully saturated rings. The zero-order valence-corrected chi connectivity index (χ0v) is 18.5. The van der Waals surface area contributed by atoms with E-state index in [0.29, 0.717) is 50.5 Å². The highest BCUT2D eigenvalue weighted by molar-refractivity contribution is 7.88. The van der Waals surface area contributed by atoms with Crippen LogP contribution in [0, 0.1) is 5.41 Å². The minimum Gasteiger partial charge on any atom is -0.443 e. The molecule has 4 rings (SSSR count).